The summed E-state index contributed by atoms with van der Waals surface area (Å²) < 4.78 is 37.6. The number of carbonyl (C=O) groups is 1. The number of methoxy groups -OCH3 is 2. The minimum Gasteiger partial charge on any atom is -0.493 e. The summed E-state index contributed by atoms with van der Waals surface area (Å²) in [4.78, 5) is 12.3. The molecule has 2 N–H and O–H groups in total. The summed E-state index contributed by atoms with van der Waals surface area (Å²) in [5, 5.41) is 3.00. The lowest BCUT2D eigenvalue weighted by atomic mass is 10.3. The molecule has 2 aromatic rings. The molecule has 0 unspecified atom stereocenters. The van der Waals surface area contributed by atoms with Crippen molar-refractivity contribution in [1.82, 2.24) is 4.72 Å². The Balaban J connectivity index is 2.18. The molecule has 1 amide bonds. The predicted molar refractivity (Wildman–Crippen MR) is 104 cm³/mol. The van der Waals surface area contributed by atoms with Gasteiger partial charge >= 0.3 is 0 Å². The summed E-state index contributed by atoms with van der Waals surface area (Å²) in [6, 6.07) is 7.76. The highest BCUT2D eigenvalue weighted by molar-refractivity contribution is 7.89. The highest BCUT2D eigenvalue weighted by Gasteiger charge is 2.24. The molecule has 2 rings (SSSR count). The average Bonchev–Trinajstić information content (AvgIpc) is 2.63. The van der Waals surface area contributed by atoms with Gasteiger partial charge in [-0.15, -0.1) is 0 Å². The Bertz CT molecular complexity index is 930. The SMILES string of the molecule is COc1ccc(S(=O)(=O)N[C@H](C)C(=O)Nc2c(Cl)cccc2Cl)cc1OC. The zero-order valence-electron chi connectivity index (χ0n) is 14.7. The molecule has 0 heterocycles. The van der Waals surface area contributed by atoms with Crippen molar-refractivity contribution < 1.29 is 22.7 Å². The molecule has 0 fully saturated rings. The van der Waals surface area contributed by atoms with Crippen molar-refractivity contribution in [1.29, 1.82) is 0 Å². The van der Waals surface area contributed by atoms with Gasteiger partial charge in [-0.2, -0.15) is 4.72 Å². The Hall–Kier alpha value is -2.00. The van der Waals surface area contributed by atoms with Gasteiger partial charge in [0.05, 0.1) is 40.9 Å². The smallest absolute Gasteiger partial charge is 0.242 e. The van der Waals surface area contributed by atoms with Crippen LogP contribution in [0.3, 0.4) is 0 Å². The number of para-hydroxylation sites is 1. The molecule has 0 aliphatic carbocycles. The van der Waals surface area contributed by atoms with Crippen LogP contribution in [0.5, 0.6) is 11.5 Å². The van der Waals surface area contributed by atoms with E-state index in [2.05, 4.69) is 10.0 Å². The van der Waals surface area contributed by atoms with Crippen LogP contribution in [0, 0.1) is 0 Å². The second kappa shape index (κ2) is 8.79. The lowest BCUT2D eigenvalue weighted by Gasteiger charge is -2.16. The lowest BCUT2D eigenvalue weighted by Crippen LogP contribution is -2.41. The Kier molecular flexibility index (Phi) is 6.94. The molecule has 7 nitrogen and oxygen atoms in total. The van der Waals surface area contributed by atoms with Crippen LogP contribution in [0.25, 0.3) is 0 Å². The van der Waals surface area contributed by atoms with Gasteiger partial charge in [0.25, 0.3) is 0 Å². The number of anilines is 1. The van der Waals surface area contributed by atoms with Crippen molar-refractivity contribution in [2.75, 3.05) is 19.5 Å². The number of sulfonamides is 1. The van der Waals surface area contributed by atoms with Crippen LogP contribution in [0.4, 0.5) is 5.69 Å². The van der Waals surface area contributed by atoms with Crippen LogP contribution >= 0.6 is 23.2 Å². The maximum atomic E-state index is 12.6. The van der Waals surface area contributed by atoms with E-state index >= 15 is 0 Å². The number of hydrogen-bond donors (Lipinski definition) is 2. The number of amides is 1. The van der Waals surface area contributed by atoms with E-state index in [-0.39, 0.29) is 26.4 Å². The summed E-state index contributed by atoms with van der Waals surface area (Å²) >= 11 is 12.0. The Morgan fingerprint density at radius 2 is 1.63 bits per heavy atom. The largest absolute Gasteiger partial charge is 0.493 e. The van der Waals surface area contributed by atoms with Gasteiger partial charge < -0.3 is 14.8 Å². The third-order valence-corrected chi connectivity index (χ3v) is 5.77. The van der Waals surface area contributed by atoms with Gasteiger partial charge in [-0.25, -0.2) is 8.42 Å². The van der Waals surface area contributed by atoms with Crippen molar-refractivity contribution in [3.05, 3.63) is 46.4 Å². The van der Waals surface area contributed by atoms with Crippen molar-refractivity contribution in [2.45, 2.75) is 17.9 Å². The normalized spacial score (nSPS) is 12.3. The number of benzene rings is 2. The summed E-state index contributed by atoms with van der Waals surface area (Å²) in [5.41, 5.74) is 0.211. The maximum Gasteiger partial charge on any atom is 0.242 e. The topological polar surface area (TPSA) is 93.7 Å². The summed E-state index contributed by atoms with van der Waals surface area (Å²) in [6.07, 6.45) is 0. The van der Waals surface area contributed by atoms with Gasteiger partial charge in [0.15, 0.2) is 11.5 Å². The Morgan fingerprint density at radius 3 is 2.19 bits per heavy atom. The van der Waals surface area contributed by atoms with Gasteiger partial charge in [0, 0.05) is 6.07 Å². The molecule has 0 saturated carbocycles. The molecule has 0 radical (unpaired) electrons. The van der Waals surface area contributed by atoms with Crippen molar-refractivity contribution in [3.63, 3.8) is 0 Å². The second-order valence-electron chi connectivity index (χ2n) is 5.45. The first-order chi connectivity index (χ1) is 12.7. The third kappa shape index (κ3) is 5.04. The van der Waals surface area contributed by atoms with E-state index in [0.29, 0.717) is 5.75 Å². The molecule has 27 heavy (non-hydrogen) atoms. The van der Waals surface area contributed by atoms with E-state index in [4.69, 9.17) is 32.7 Å². The van der Waals surface area contributed by atoms with Crippen LogP contribution in [0.15, 0.2) is 41.3 Å². The number of ether oxygens (including phenoxy) is 2. The molecule has 2 aromatic carbocycles. The van der Waals surface area contributed by atoms with Gasteiger partial charge in [-0.1, -0.05) is 29.3 Å². The number of hydrogen-bond acceptors (Lipinski definition) is 5. The van der Waals surface area contributed by atoms with E-state index in [1.54, 1.807) is 18.2 Å². The summed E-state index contributed by atoms with van der Waals surface area (Å²) in [5.74, 6) is 0.0185. The number of nitrogens with one attached hydrogen (secondary N) is 2. The quantitative estimate of drug-likeness (QED) is 0.699. The van der Waals surface area contributed by atoms with E-state index < -0.39 is 22.0 Å². The molecular weight excluding hydrogens is 415 g/mol. The van der Waals surface area contributed by atoms with Gasteiger partial charge in [0.1, 0.15) is 0 Å². The predicted octanol–water partition coefficient (Wildman–Crippen LogP) is 3.32. The van der Waals surface area contributed by atoms with Crippen LogP contribution in [-0.4, -0.2) is 34.6 Å². The molecule has 0 spiro atoms. The minimum atomic E-state index is -3.99. The van der Waals surface area contributed by atoms with Crippen LogP contribution < -0.4 is 19.5 Å². The first-order valence-electron chi connectivity index (χ1n) is 7.69. The van der Waals surface area contributed by atoms with E-state index in [9.17, 15) is 13.2 Å². The lowest BCUT2D eigenvalue weighted by molar-refractivity contribution is -0.117. The Morgan fingerprint density at radius 1 is 1.04 bits per heavy atom. The van der Waals surface area contributed by atoms with Crippen LogP contribution in [0.2, 0.25) is 10.0 Å². The van der Waals surface area contributed by atoms with Crippen LogP contribution in [-0.2, 0) is 14.8 Å². The third-order valence-electron chi connectivity index (χ3n) is 3.60. The molecular formula is C17H18Cl2N2O5S. The zero-order valence-corrected chi connectivity index (χ0v) is 17.1. The zero-order chi connectivity index (χ0) is 20.2. The van der Waals surface area contributed by atoms with Gasteiger partial charge in [-0.05, 0) is 31.2 Å². The fraction of sp³-hybridized carbons (Fsp3) is 0.235. The highest BCUT2D eigenvalue weighted by atomic mass is 35.5. The molecule has 10 heteroatoms. The summed E-state index contributed by atoms with van der Waals surface area (Å²) in [6.45, 7) is 1.40. The van der Waals surface area contributed by atoms with Gasteiger partial charge in [-0.3, -0.25) is 4.79 Å². The highest BCUT2D eigenvalue weighted by Crippen LogP contribution is 2.31. The van der Waals surface area contributed by atoms with Crippen molar-refractivity contribution >= 4 is 44.8 Å². The van der Waals surface area contributed by atoms with Crippen molar-refractivity contribution in [2.24, 2.45) is 0 Å². The second-order valence-corrected chi connectivity index (χ2v) is 7.97. The monoisotopic (exact) mass is 432 g/mol. The van der Waals surface area contributed by atoms with E-state index in [1.807, 2.05) is 0 Å². The van der Waals surface area contributed by atoms with Crippen molar-refractivity contribution in [3.8, 4) is 11.5 Å². The van der Waals surface area contributed by atoms with E-state index in [1.165, 1.54) is 39.3 Å². The van der Waals surface area contributed by atoms with Gasteiger partial charge in [0.2, 0.25) is 15.9 Å². The minimum absolute atomic E-state index is 0.0735. The number of halogens is 2. The molecule has 1 atom stereocenters. The molecule has 0 aromatic heterocycles. The molecule has 0 saturated heterocycles. The molecule has 0 aliphatic rings. The van der Waals surface area contributed by atoms with E-state index in [0.717, 1.165) is 0 Å². The standard InChI is InChI=1S/C17H18Cl2N2O5S/c1-10(17(22)20-16-12(18)5-4-6-13(16)19)21-27(23,24)11-7-8-14(25-2)15(9-11)26-3/h4-10,21H,1-3H3,(H,20,22)/t10-/m1/s1. The Labute approximate surface area is 167 Å². The molecule has 0 aliphatic heterocycles. The first kappa shape index (κ1) is 21.3. The maximum absolute atomic E-state index is 12.6. The van der Waals surface area contributed by atoms with Crippen LogP contribution in [0.1, 0.15) is 6.92 Å². The molecule has 0 bridgehead atoms. The summed E-state index contributed by atoms with van der Waals surface area (Å²) in [7, 11) is -1.15. The number of rotatable bonds is 7. The number of carbonyl (C=O) groups excluding carboxylic acids is 1. The first-order valence-corrected chi connectivity index (χ1v) is 9.92. The molecule has 146 valence electrons. The fourth-order valence-corrected chi connectivity index (χ4v) is 3.90. The fourth-order valence-electron chi connectivity index (χ4n) is 2.19. The average molecular weight is 433 g/mol.